The van der Waals surface area contributed by atoms with E-state index in [1.807, 2.05) is 54.6 Å². The molecule has 1 aliphatic rings. The number of ether oxygens (including phenoxy) is 1. The summed E-state index contributed by atoms with van der Waals surface area (Å²) < 4.78 is 12.8. The van der Waals surface area contributed by atoms with Crippen LogP contribution < -0.4 is 15.1 Å². The molecule has 2 heterocycles. The molecule has 1 aromatic heterocycles. The number of carbonyl (C=O) groups is 1. The number of hydrogen-bond acceptors (Lipinski definition) is 4. The summed E-state index contributed by atoms with van der Waals surface area (Å²) in [7, 11) is 0. The Morgan fingerprint density at radius 1 is 0.833 bits per heavy atom. The number of halogens is 2. The number of carbonyl (C=O) groups excluding carboxylic acids is 1. The van der Waals surface area contributed by atoms with Gasteiger partial charge in [0.05, 0.1) is 17.0 Å². The van der Waals surface area contributed by atoms with Crippen molar-refractivity contribution >= 4 is 50.1 Å². The molecule has 1 amide bonds. The van der Waals surface area contributed by atoms with Gasteiger partial charge in [-0.15, -0.1) is 0 Å². The van der Waals surface area contributed by atoms with E-state index in [0.717, 1.165) is 4.47 Å². The lowest BCUT2D eigenvalue weighted by Gasteiger charge is -2.25. The van der Waals surface area contributed by atoms with Gasteiger partial charge in [-0.05, 0) is 66.2 Å². The first-order valence-corrected chi connectivity index (χ1v) is 12.3. The Balaban J connectivity index is 1.56. The van der Waals surface area contributed by atoms with Gasteiger partial charge in [0.2, 0.25) is 5.76 Å². The van der Waals surface area contributed by atoms with E-state index in [2.05, 4.69) is 15.9 Å². The molecule has 6 rings (SSSR count). The van der Waals surface area contributed by atoms with Crippen LogP contribution in [0.25, 0.3) is 11.0 Å². The molecule has 0 bridgehead atoms. The SMILES string of the molecule is O=C1c2oc3ccc(Br)cc3c(=O)c2C(c2cccc(Oc3ccccc3)c2)N1c1cccc(Cl)c1. The van der Waals surface area contributed by atoms with E-state index in [4.69, 9.17) is 20.8 Å². The van der Waals surface area contributed by atoms with Gasteiger partial charge < -0.3 is 9.15 Å². The van der Waals surface area contributed by atoms with Crippen molar-refractivity contribution in [3.05, 3.63) is 134 Å². The maximum Gasteiger partial charge on any atom is 0.295 e. The second-order valence-electron chi connectivity index (χ2n) is 8.36. The molecule has 0 saturated carbocycles. The molecular formula is C29H17BrClNO4. The minimum Gasteiger partial charge on any atom is -0.457 e. The van der Waals surface area contributed by atoms with Crippen molar-refractivity contribution in [2.24, 2.45) is 0 Å². The van der Waals surface area contributed by atoms with Gasteiger partial charge in [-0.25, -0.2) is 0 Å². The van der Waals surface area contributed by atoms with E-state index in [0.29, 0.717) is 38.7 Å². The van der Waals surface area contributed by atoms with E-state index in [9.17, 15) is 9.59 Å². The average Bonchev–Trinajstić information content (AvgIpc) is 3.18. The lowest BCUT2D eigenvalue weighted by Crippen LogP contribution is -2.29. The van der Waals surface area contributed by atoms with Crippen molar-refractivity contribution < 1.29 is 13.9 Å². The van der Waals surface area contributed by atoms with Crippen LogP contribution in [0.1, 0.15) is 27.7 Å². The summed E-state index contributed by atoms with van der Waals surface area (Å²) in [5.41, 5.74) is 1.63. The van der Waals surface area contributed by atoms with E-state index in [1.54, 1.807) is 47.4 Å². The van der Waals surface area contributed by atoms with Crippen LogP contribution in [0, 0.1) is 0 Å². The fourth-order valence-electron chi connectivity index (χ4n) is 4.53. The standard InChI is InChI=1S/C29H17BrClNO4/c30-18-12-13-24-23(15-18)27(33)25-26(17-6-4-11-22(14-17)35-21-9-2-1-3-10-21)32(29(34)28(25)36-24)20-8-5-7-19(31)16-20/h1-16,26H. The summed E-state index contributed by atoms with van der Waals surface area (Å²) in [6.07, 6.45) is 0. The first kappa shape index (κ1) is 22.6. The highest BCUT2D eigenvalue weighted by molar-refractivity contribution is 9.10. The maximum atomic E-state index is 13.8. The molecule has 1 unspecified atom stereocenters. The van der Waals surface area contributed by atoms with Crippen molar-refractivity contribution in [1.82, 2.24) is 0 Å². The molecule has 7 heteroatoms. The molecular weight excluding hydrogens is 542 g/mol. The first-order valence-electron chi connectivity index (χ1n) is 11.2. The second kappa shape index (κ2) is 8.97. The minimum absolute atomic E-state index is 0.0224. The van der Waals surface area contributed by atoms with Gasteiger partial charge >= 0.3 is 0 Å². The van der Waals surface area contributed by atoms with E-state index < -0.39 is 11.9 Å². The van der Waals surface area contributed by atoms with Crippen LogP contribution in [0.2, 0.25) is 5.02 Å². The van der Waals surface area contributed by atoms with Crippen molar-refractivity contribution in [1.29, 1.82) is 0 Å². The third kappa shape index (κ3) is 3.88. The van der Waals surface area contributed by atoms with Crippen LogP contribution in [-0.2, 0) is 0 Å². The predicted octanol–water partition coefficient (Wildman–Crippen LogP) is 7.75. The number of anilines is 1. The van der Waals surface area contributed by atoms with Crippen LogP contribution in [-0.4, -0.2) is 5.91 Å². The van der Waals surface area contributed by atoms with Crippen molar-refractivity contribution in [3.63, 3.8) is 0 Å². The number of nitrogens with zero attached hydrogens (tertiary/aromatic N) is 1. The van der Waals surface area contributed by atoms with Crippen molar-refractivity contribution in [3.8, 4) is 11.5 Å². The molecule has 5 nitrogen and oxygen atoms in total. The summed E-state index contributed by atoms with van der Waals surface area (Å²) in [6, 6.07) is 28.2. The zero-order chi connectivity index (χ0) is 24.8. The monoisotopic (exact) mass is 557 g/mol. The highest BCUT2D eigenvalue weighted by atomic mass is 79.9. The Hall–Kier alpha value is -3.87. The van der Waals surface area contributed by atoms with Crippen LogP contribution in [0.4, 0.5) is 5.69 Å². The van der Waals surface area contributed by atoms with Gasteiger partial charge in [0.1, 0.15) is 17.1 Å². The van der Waals surface area contributed by atoms with Gasteiger partial charge in [-0.2, -0.15) is 0 Å². The Bertz CT molecular complexity index is 1700. The lowest BCUT2D eigenvalue weighted by atomic mass is 9.98. The Morgan fingerprint density at radius 2 is 1.61 bits per heavy atom. The highest BCUT2D eigenvalue weighted by Gasteiger charge is 2.43. The molecule has 5 aromatic rings. The summed E-state index contributed by atoms with van der Waals surface area (Å²) >= 11 is 9.70. The number of benzene rings is 4. The number of para-hydroxylation sites is 1. The normalized spacial score (nSPS) is 14.8. The average molecular weight is 559 g/mol. The van der Waals surface area contributed by atoms with Gasteiger partial charge in [0.25, 0.3) is 5.91 Å². The van der Waals surface area contributed by atoms with Gasteiger partial charge in [-0.1, -0.05) is 63.9 Å². The third-order valence-electron chi connectivity index (χ3n) is 6.07. The largest absolute Gasteiger partial charge is 0.457 e. The number of rotatable bonds is 4. The van der Waals surface area contributed by atoms with Gasteiger partial charge in [0.15, 0.2) is 5.43 Å². The molecule has 176 valence electrons. The quantitative estimate of drug-likeness (QED) is 0.226. The Kier molecular flexibility index (Phi) is 5.63. The zero-order valence-corrected chi connectivity index (χ0v) is 21.0. The number of fused-ring (bicyclic) bond motifs is 2. The molecule has 0 N–H and O–H groups in total. The molecule has 1 aliphatic heterocycles. The summed E-state index contributed by atoms with van der Waals surface area (Å²) in [5, 5.41) is 0.870. The molecule has 0 aliphatic carbocycles. The summed E-state index contributed by atoms with van der Waals surface area (Å²) in [4.78, 5) is 29.1. The highest BCUT2D eigenvalue weighted by Crippen LogP contribution is 2.42. The van der Waals surface area contributed by atoms with Crippen molar-refractivity contribution in [2.75, 3.05) is 4.90 Å². The molecule has 0 fully saturated rings. The molecule has 1 atom stereocenters. The Labute approximate surface area is 219 Å². The predicted molar refractivity (Wildman–Crippen MR) is 143 cm³/mol. The Morgan fingerprint density at radius 3 is 2.42 bits per heavy atom. The second-order valence-corrected chi connectivity index (χ2v) is 9.71. The van der Waals surface area contributed by atoms with Crippen LogP contribution in [0.5, 0.6) is 11.5 Å². The fraction of sp³-hybridized carbons (Fsp3) is 0.0345. The molecule has 0 radical (unpaired) electrons. The van der Waals surface area contributed by atoms with Crippen LogP contribution >= 0.6 is 27.5 Å². The first-order chi connectivity index (χ1) is 17.5. The van der Waals surface area contributed by atoms with E-state index in [-0.39, 0.29) is 16.8 Å². The van der Waals surface area contributed by atoms with Crippen molar-refractivity contribution in [2.45, 2.75) is 6.04 Å². The molecule has 0 saturated heterocycles. The van der Waals surface area contributed by atoms with Crippen LogP contribution in [0.15, 0.2) is 111 Å². The van der Waals surface area contributed by atoms with E-state index in [1.165, 1.54) is 0 Å². The van der Waals surface area contributed by atoms with E-state index >= 15 is 0 Å². The fourth-order valence-corrected chi connectivity index (χ4v) is 5.07. The lowest BCUT2D eigenvalue weighted by molar-refractivity contribution is 0.0971. The maximum absolute atomic E-state index is 13.8. The topological polar surface area (TPSA) is 59.8 Å². The molecule has 4 aromatic carbocycles. The van der Waals surface area contributed by atoms with Gasteiger partial charge in [0, 0.05) is 15.2 Å². The molecule has 0 spiro atoms. The summed E-state index contributed by atoms with van der Waals surface area (Å²) in [6.45, 7) is 0. The third-order valence-corrected chi connectivity index (χ3v) is 6.80. The smallest absolute Gasteiger partial charge is 0.295 e. The summed E-state index contributed by atoms with van der Waals surface area (Å²) in [5.74, 6) is 0.876. The number of hydrogen-bond donors (Lipinski definition) is 0. The van der Waals surface area contributed by atoms with Crippen LogP contribution in [0.3, 0.4) is 0 Å². The number of amides is 1. The van der Waals surface area contributed by atoms with Gasteiger partial charge in [-0.3, -0.25) is 14.5 Å². The minimum atomic E-state index is -0.732. The molecule has 36 heavy (non-hydrogen) atoms. The zero-order valence-electron chi connectivity index (χ0n) is 18.7.